The molecule has 5 nitrogen and oxygen atoms in total. The van der Waals surface area contributed by atoms with Gasteiger partial charge in [-0.1, -0.05) is 18.2 Å². The molecular weight excluding hydrogens is 348 g/mol. The predicted octanol–water partition coefficient (Wildman–Crippen LogP) is 3.39. The van der Waals surface area contributed by atoms with E-state index in [1.807, 2.05) is 36.5 Å². The molecule has 1 amide bonds. The Morgan fingerprint density at radius 3 is 2.88 bits per heavy atom. The minimum atomic E-state index is 0.0322. The maximum Gasteiger partial charge on any atom is 0.230 e. The van der Waals surface area contributed by atoms with Gasteiger partial charge in [-0.15, -0.1) is 11.8 Å². The van der Waals surface area contributed by atoms with Crippen LogP contribution < -0.4 is 14.8 Å². The van der Waals surface area contributed by atoms with E-state index < -0.39 is 0 Å². The maximum atomic E-state index is 12.1. The molecule has 0 unspecified atom stereocenters. The normalized spacial score (nSPS) is 12.9. The highest BCUT2D eigenvalue weighted by molar-refractivity contribution is 8.00. The van der Waals surface area contributed by atoms with E-state index in [9.17, 15) is 4.79 Å². The van der Waals surface area contributed by atoms with Crippen molar-refractivity contribution < 1.29 is 14.3 Å². The van der Waals surface area contributed by atoms with Gasteiger partial charge < -0.3 is 19.8 Å². The molecule has 2 N–H and O–H groups in total. The quantitative estimate of drug-likeness (QED) is 0.655. The fourth-order valence-corrected chi connectivity index (χ4v) is 3.74. The Morgan fingerprint density at radius 2 is 1.96 bits per heavy atom. The molecule has 1 aliphatic rings. The lowest BCUT2D eigenvalue weighted by Crippen LogP contribution is -2.27. The Balaban J connectivity index is 1.25. The molecular formula is C20H20N2O3S. The number of hydrogen-bond acceptors (Lipinski definition) is 4. The van der Waals surface area contributed by atoms with Crippen LogP contribution in [0.15, 0.2) is 53.6 Å². The molecule has 0 saturated heterocycles. The van der Waals surface area contributed by atoms with Gasteiger partial charge in [-0.3, -0.25) is 4.79 Å². The number of fused-ring (bicyclic) bond motifs is 2. The average Bonchev–Trinajstić information content (AvgIpc) is 3.09. The van der Waals surface area contributed by atoms with Crippen LogP contribution in [0.3, 0.4) is 0 Å². The molecule has 134 valence electrons. The first-order valence-corrected chi connectivity index (χ1v) is 9.62. The lowest BCUT2D eigenvalue weighted by atomic mass is 10.1. The summed E-state index contributed by atoms with van der Waals surface area (Å²) in [5.74, 6) is 1.93. The molecule has 1 aliphatic heterocycles. The number of aromatic nitrogens is 1. The number of rotatable bonds is 6. The van der Waals surface area contributed by atoms with Crippen LogP contribution in [0, 0.1) is 0 Å². The van der Waals surface area contributed by atoms with Crippen molar-refractivity contribution in [3.05, 3.63) is 54.2 Å². The second-order valence-corrected chi connectivity index (χ2v) is 7.10. The zero-order valence-electron chi connectivity index (χ0n) is 14.3. The molecule has 4 rings (SSSR count). The Hall–Kier alpha value is -2.60. The van der Waals surface area contributed by atoms with Crippen molar-refractivity contribution in [2.24, 2.45) is 0 Å². The van der Waals surface area contributed by atoms with Gasteiger partial charge in [-0.2, -0.15) is 0 Å². The molecule has 26 heavy (non-hydrogen) atoms. The van der Waals surface area contributed by atoms with E-state index >= 15 is 0 Å². The van der Waals surface area contributed by atoms with Crippen molar-refractivity contribution in [3.8, 4) is 11.5 Å². The average molecular weight is 368 g/mol. The SMILES string of the molecule is O=C(CSc1ccc2c(c1)OCCO2)NCCc1c[nH]c2ccccc12. The summed E-state index contributed by atoms with van der Waals surface area (Å²) >= 11 is 1.50. The number of aromatic amines is 1. The van der Waals surface area contributed by atoms with Crippen molar-refractivity contribution in [3.63, 3.8) is 0 Å². The lowest BCUT2D eigenvalue weighted by Gasteiger charge is -2.18. The maximum absolute atomic E-state index is 12.1. The molecule has 0 radical (unpaired) electrons. The van der Waals surface area contributed by atoms with Crippen LogP contribution in [-0.4, -0.2) is 36.4 Å². The highest BCUT2D eigenvalue weighted by atomic mass is 32.2. The third-order valence-corrected chi connectivity index (χ3v) is 5.27. The molecule has 0 saturated carbocycles. The number of thioether (sulfide) groups is 1. The van der Waals surface area contributed by atoms with Crippen LogP contribution in [0.1, 0.15) is 5.56 Å². The van der Waals surface area contributed by atoms with E-state index in [0.717, 1.165) is 28.3 Å². The lowest BCUT2D eigenvalue weighted by molar-refractivity contribution is -0.118. The molecule has 3 aromatic rings. The molecule has 2 heterocycles. The van der Waals surface area contributed by atoms with Gasteiger partial charge in [0, 0.05) is 28.5 Å². The summed E-state index contributed by atoms with van der Waals surface area (Å²) in [5, 5.41) is 4.20. The van der Waals surface area contributed by atoms with E-state index in [1.165, 1.54) is 22.7 Å². The van der Waals surface area contributed by atoms with Gasteiger partial charge in [0.25, 0.3) is 0 Å². The van der Waals surface area contributed by atoms with Crippen LogP contribution in [0.2, 0.25) is 0 Å². The van der Waals surface area contributed by atoms with Crippen LogP contribution >= 0.6 is 11.8 Å². The predicted molar refractivity (Wildman–Crippen MR) is 103 cm³/mol. The first-order chi connectivity index (χ1) is 12.8. The number of carbonyl (C=O) groups excluding carboxylic acids is 1. The number of ether oxygens (including phenoxy) is 2. The summed E-state index contributed by atoms with van der Waals surface area (Å²) in [5.41, 5.74) is 2.35. The smallest absolute Gasteiger partial charge is 0.230 e. The Bertz CT molecular complexity index is 922. The van der Waals surface area contributed by atoms with Crippen LogP contribution in [0.5, 0.6) is 11.5 Å². The highest BCUT2D eigenvalue weighted by Crippen LogP contribution is 2.34. The van der Waals surface area contributed by atoms with Crippen molar-refractivity contribution in [2.75, 3.05) is 25.5 Å². The minimum absolute atomic E-state index is 0.0322. The van der Waals surface area contributed by atoms with Gasteiger partial charge in [0.2, 0.25) is 5.91 Å². The summed E-state index contributed by atoms with van der Waals surface area (Å²) < 4.78 is 11.1. The summed E-state index contributed by atoms with van der Waals surface area (Å²) in [7, 11) is 0. The van der Waals surface area contributed by atoms with Gasteiger partial charge >= 0.3 is 0 Å². The fourth-order valence-electron chi connectivity index (χ4n) is 2.99. The minimum Gasteiger partial charge on any atom is -0.486 e. The van der Waals surface area contributed by atoms with Gasteiger partial charge in [0.05, 0.1) is 5.75 Å². The highest BCUT2D eigenvalue weighted by Gasteiger charge is 2.12. The summed E-state index contributed by atoms with van der Waals surface area (Å²) in [6, 6.07) is 14.0. The van der Waals surface area contributed by atoms with Gasteiger partial charge in [-0.05, 0) is 36.2 Å². The van der Waals surface area contributed by atoms with E-state index in [2.05, 4.69) is 22.4 Å². The monoisotopic (exact) mass is 368 g/mol. The first kappa shape index (κ1) is 16.8. The number of amides is 1. The number of benzene rings is 2. The van der Waals surface area contributed by atoms with E-state index in [0.29, 0.717) is 25.5 Å². The first-order valence-electron chi connectivity index (χ1n) is 8.64. The fraction of sp³-hybridized carbons (Fsp3) is 0.250. The van der Waals surface area contributed by atoms with Crippen molar-refractivity contribution in [1.29, 1.82) is 0 Å². The van der Waals surface area contributed by atoms with Gasteiger partial charge in [-0.25, -0.2) is 0 Å². The second-order valence-electron chi connectivity index (χ2n) is 6.05. The zero-order valence-corrected chi connectivity index (χ0v) is 15.1. The number of nitrogens with one attached hydrogen (secondary N) is 2. The van der Waals surface area contributed by atoms with Crippen molar-refractivity contribution in [1.82, 2.24) is 10.3 Å². The Kier molecular flexibility index (Phi) is 5.02. The zero-order chi connectivity index (χ0) is 17.8. The van der Waals surface area contributed by atoms with Gasteiger partial charge in [0.1, 0.15) is 13.2 Å². The van der Waals surface area contributed by atoms with E-state index in [-0.39, 0.29) is 5.91 Å². The van der Waals surface area contributed by atoms with Crippen molar-refractivity contribution >= 4 is 28.6 Å². The van der Waals surface area contributed by atoms with Crippen LogP contribution in [0.25, 0.3) is 10.9 Å². The molecule has 0 bridgehead atoms. The summed E-state index contributed by atoms with van der Waals surface area (Å²) in [6.45, 7) is 1.77. The molecule has 0 aliphatic carbocycles. The largest absolute Gasteiger partial charge is 0.486 e. The summed E-state index contributed by atoms with van der Waals surface area (Å²) in [6.07, 6.45) is 2.82. The number of hydrogen-bond donors (Lipinski definition) is 2. The topological polar surface area (TPSA) is 63.4 Å². The molecule has 0 fully saturated rings. The van der Waals surface area contributed by atoms with Crippen molar-refractivity contribution in [2.45, 2.75) is 11.3 Å². The summed E-state index contributed by atoms with van der Waals surface area (Å²) in [4.78, 5) is 16.4. The second kappa shape index (κ2) is 7.74. The molecule has 2 aromatic carbocycles. The Morgan fingerprint density at radius 1 is 1.12 bits per heavy atom. The molecule has 0 spiro atoms. The number of H-pyrrole nitrogens is 1. The standard InChI is InChI=1S/C20H20N2O3S/c23-20(13-26-15-5-6-18-19(11-15)25-10-9-24-18)21-8-7-14-12-22-17-4-2-1-3-16(14)17/h1-6,11-12,22H,7-10,13H2,(H,21,23). The third-order valence-electron chi connectivity index (χ3n) is 4.27. The van der Waals surface area contributed by atoms with Crippen LogP contribution in [0.4, 0.5) is 0 Å². The number of carbonyl (C=O) groups is 1. The third kappa shape index (κ3) is 3.80. The molecule has 1 aromatic heterocycles. The van der Waals surface area contributed by atoms with E-state index in [1.54, 1.807) is 0 Å². The Labute approximate surface area is 156 Å². The molecule has 6 heteroatoms. The van der Waals surface area contributed by atoms with Crippen LogP contribution in [-0.2, 0) is 11.2 Å². The number of para-hydroxylation sites is 1. The van der Waals surface area contributed by atoms with E-state index in [4.69, 9.17) is 9.47 Å². The molecule has 0 atom stereocenters. The van der Waals surface area contributed by atoms with Gasteiger partial charge in [0.15, 0.2) is 11.5 Å².